The Morgan fingerprint density at radius 1 is 0.967 bits per heavy atom. The Bertz CT molecular complexity index is 886. The fourth-order valence-electron chi connectivity index (χ4n) is 3.97. The van der Waals surface area contributed by atoms with E-state index in [0.29, 0.717) is 11.8 Å². The molecule has 0 spiro atoms. The molecule has 1 saturated carbocycles. The van der Waals surface area contributed by atoms with Gasteiger partial charge < -0.3 is 4.74 Å². The van der Waals surface area contributed by atoms with E-state index in [2.05, 4.69) is 4.74 Å². The Kier molecular flexibility index (Phi) is 7.40. The van der Waals surface area contributed by atoms with Gasteiger partial charge in [0, 0.05) is 11.1 Å². The summed E-state index contributed by atoms with van der Waals surface area (Å²) in [4.78, 5) is 0. The molecule has 0 radical (unpaired) electrons. The van der Waals surface area contributed by atoms with E-state index in [9.17, 15) is 22.0 Å². The van der Waals surface area contributed by atoms with Crippen molar-refractivity contribution in [1.29, 1.82) is 0 Å². The van der Waals surface area contributed by atoms with Gasteiger partial charge >= 0.3 is 6.36 Å². The molecule has 0 aliphatic heterocycles. The van der Waals surface area contributed by atoms with Gasteiger partial charge in [0.2, 0.25) is 0 Å². The first kappa shape index (κ1) is 22.6. The van der Waals surface area contributed by atoms with Crippen LogP contribution in [0.3, 0.4) is 0 Å². The second-order valence-electron chi connectivity index (χ2n) is 7.65. The predicted octanol–water partition coefficient (Wildman–Crippen LogP) is 8.02. The summed E-state index contributed by atoms with van der Waals surface area (Å²) < 4.78 is 68.9. The lowest BCUT2D eigenvalue weighted by Gasteiger charge is -2.26. The molecule has 2 aromatic carbocycles. The summed E-state index contributed by atoms with van der Waals surface area (Å²) in [5, 5.41) is 0. The molecule has 0 unspecified atom stereocenters. The van der Waals surface area contributed by atoms with E-state index in [1.807, 2.05) is 6.08 Å². The first-order valence-corrected chi connectivity index (χ1v) is 10.3. The number of hydrogen-bond donors (Lipinski definition) is 0. The molecule has 7 heteroatoms. The molecule has 0 aromatic heterocycles. The number of aryl methyl sites for hydroxylation is 1. The minimum Gasteiger partial charge on any atom is -0.403 e. The molecule has 30 heavy (non-hydrogen) atoms. The zero-order chi connectivity index (χ0) is 21.7. The van der Waals surface area contributed by atoms with Crippen LogP contribution in [0, 0.1) is 23.5 Å². The highest BCUT2D eigenvalue weighted by Crippen LogP contribution is 2.34. The average molecular weight is 445 g/mol. The summed E-state index contributed by atoms with van der Waals surface area (Å²) in [5.74, 6) is -1.54. The van der Waals surface area contributed by atoms with Crippen molar-refractivity contribution < 1.29 is 26.7 Å². The smallest absolute Gasteiger partial charge is 0.403 e. The molecule has 2 aromatic rings. The maximum absolute atomic E-state index is 14.6. The topological polar surface area (TPSA) is 9.23 Å². The van der Waals surface area contributed by atoms with Crippen LogP contribution in [0.25, 0.3) is 11.1 Å². The summed E-state index contributed by atoms with van der Waals surface area (Å²) in [5.41, 5.74) is 2.70. The minimum atomic E-state index is -4.99. The van der Waals surface area contributed by atoms with Gasteiger partial charge in [-0.1, -0.05) is 35.9 Å². The van der Waals surface area contributed by atoms with Crippen LogP contribution >= 0.6 is 11.6 Å². The van der Waals surface area contributed by atoms with Gasteiger partial charge in [-0.3, -0.25) is 0 Å². The number of hydrogen-bond acceptors (Lipinski definition) is 1. The van der Waals surface area contributed by atoms with Crippen molar-refractivity contribution in [2.75, 3.05) is 0 Å². The average Bonchev–Trinajstić information content (AvgIpc) is 2.68. The molecule has 0 amide bonds. The second kappa shape index (κ2) is 9.82. The Hall–Kier alpha value is -2.08. The first-order chi connectivity index (χ1) is 14.2. The normalized spacial score (nSPS) is 19.9. The van der Waals surface area contributed by atoms with Crippen LogP contribution in [0.4, 0.5) is 22.0 Å². The third kappa shape index (κ3) is 6.21. The zero-order valence-corrected chi connectivity index (χ0v) is 16.9. The van der Waals surface area contributed by atoms with E-state index in [0.717, 1.165) is 56.2 Å². The van der Waals surface area contributed by atoms with Crippen LogP contribution in [0.5, 0.6) is 5.75 Å². The van der Waals surface area contributed by atoms with Gasteiger partial charge in [0.05, 0.1) is 0 Å². The molecular formula is C23H22ClF5O. The quantitative estimate of drug-likeness (QED) is 0.410. The van der Waals surface area contributed by atoms with Gasteiger partial charge in [-0.05, 0) is 79.7 Å². The van der Waals surface area contributed by atoms with Gasteiger partial charge in [0.1, 0.15) is 5.82 Å². The molecule has 162 valence electrons. The van der Waals surface area contributed by atoms with Gasteiger partial charge in [0.15, 0.2) is 11.6 Å². The van der Waals surface area contributed by atoms with Crippen LogP contribution in [0.15, 0.2) is 48.0 Å². The van der Waals surface area contributed by atoms with Crippen molar-refractivity contribution in [2.45, 2.75) is 44.9 Å². The van der Waals surface area contributed by atoms with Gasteiger partial charge in [-0.2, -0.15) is 0 Å². The molecule has 1 aliphatic carbocycles. The number of ether oxygens (including phenoxy) is 1. The molecule has 1 fully saturated rings. The van der Waals surface area contributed by atoms with Crippen molar-refractivity contribution in [3.05, 3.63) is 65.2 Å². The van der Waals surface area contributed by atoms with Gasteiger partial charge in [-0.25, -0.2) is 8.78 Å². The molecule has 3 rings (SSSR count). The molecule has 0 N–H and O–H groups in total. The molecule has 1 nitrogen and oxygen atoms in total. The summed E-state index contributed by atoms with van der Waals surface area (Å²) in [7, 11) is 0. The van der Waals surface area contributed by atoms with Gasteiger partial charge in [0.25, 0.3) is 0 Å². The van der Waals surface area contributed by atoms with Crippen LogP contribution in [-0.4, -0.2) is 6.36 Å². The van der Waals surface area contributed by atoms with E-state index < -0.39 is 23.7 Å². The van der Waals surface area contributed by atoms with E-state index >= 15 is 0 Å². The van der Waals surface area contributed by atoms with E-state index in [1.165, 1.54) is 18.2 Å². The maximum atomic E-state index is 14.6. The summed E-state index contributed by atoms with van der Waals surface area (Å²) >= 11 is 5.64. The third-order valence-electron chi connectivity index (χ3n) is 5.58. The molecule has 1 aliphatic rings. The number of allylic oxidation sites excluding steroid dienone is 1. The zero-order valence-electron chi connectivity index (χ0n) is 16.2. The Morgan fingerprint density at radius 2 is 1.70 bits per heavy atom. The minimum absolute atomic E-state index is 0.129. The molecule has 0 atom stereocenters. The molecule has 0 heterocycles. The molecular weight excluding hydrogens is 423 g/mol. The van der Waals surface area contributed by atoms with Crippen LogP contribution in [0.2, 0.25) is 0 Å². The Balaban J connectivity index is 1.62. The van der Waals surface area contributed by atoms with Crippen molar-refractivity contribution in [1.82, 2.24) is 0 Å². The lowest BCUT2D eigenvalue weighted by molar-refractivity contribution is -0.275. The molecule has 0 saturated heterocycles. The number of alkyl halides is 3. The lowest BCUT2D eigenvalue weighted by atomic mass is 9.79. The number of rotatable bonds is 6. The highest BCUT2D eigenvalue weighted by atomic mass is 35.5. The highest BCUT2D eigenvalue weighted by molar-refractivity contribution is 6.25. The van der Waals surface area contributed by atoms with E-state index in [4.69, 9.17) is 11.6 Å². The number of halogens is 6. The van der Waals surface area contributed by atoms with E-state index in [1.54, 1.807) is 11.6 Å². The van der Waals surface area contributed by atoms with Crippen molar-refractivity contribution in [3.8, 4) is 16.9 Å². The van der Waals surface area contributed by atoms with Crippen LogP contribution < -0.4 is 4.74 Å². The van der Waals surface area contributed by atoms with Crippen molar-refractivity contribution in [3.63, 3.8) is 0 Å². The monoisotopic (exact) mass is 444 g/mol. The van der Waals surface area contributed by atoms with Crippen LogP contribution in [0.1, 0.15) is 37.7 Å². The summed E-state index contributed by atoms with van der Waals surface area (Å²) in [6, 6.07) is 7.61. The maximum Gasteiger partial charge on any atom is 0.573 e. The standard InChI is InChI=1S/C23H22ClF5O/c24-12-11-16-3-1-15(2-4-16)5-6-17-7-9-19(20(25)13-17)18-8-10-22(21(26)14-18)30-23(27,28)29/h7-16H,1-6H2. The predicted molar refractivity (Wildman–Crippen MR) is 107 cm³/mol. The van der Waals surface area contributed by atoms with E-state index in [-0.39, 0.29) is 11.1 Å². The van der Waals surface area contributed by atoms with Crippen molar-refractivity contribution >= 4 is 11.6 Å². The Labute approximate surface area is 177 Å². The fourth-order valence-corrected chi connectivity index (χ4v) is 4.17. The van der Waals surface area contributed by atoms with Gasteiger partial charge in [-0.15, -0.1) is 13.2 Å². The SMILES string of the molecule is Fc1cc(-c2ccc(CCC3CCC(C=CCl)CC3)cc2F)ccc1OC(F)(F)F. The largest absolute Gasteiger partial charge is 0.573 e. The second-order valence-corrected chi connectivity index (χ2v) is 7.90. The number of benzene rings is 2. The summed E-state index contributed by atoms with van der Waals surface area (Å²) in [6.07, 6.45) is 3.22. The first-order valence-electron chi connectivity index (χ1n) is 9.86. The lowest BCUT2D eigenvalue weighted by Crippen LogP contribution is -2.17. The van der Waals surface area contributed by atoms with Crippen LogP contribution in [-0.2, 0) is 6.42 Å². The fraction of sp³-hybridized carbons (Fsp3) is 0.391. The van der Waals surface area contributed by atoms with Crippen molar-refractivity contribution in [2.24, 2.45) is 11.8 Å². The third-order valence-corrected chi connectivity index (χ3v) is 5.73. The highest BCUT2D eigenvalue weighted by Gasteiger charge is 2.32. The Morgan fingerprint density at radius 3 is 2.30 bits per heavy atom. The summed E-state index contributed by atoms with van der Waals surface area (Å²) in [6.45, 7) is 0. The molecule has 0 bridgehead atoms.